The summed E-state index contributed by atoms with van der Waals surface area (Å²) < 4.78 is 11.0. The number of methoxy groups -OCH3 is 2. The largest absolute Gasteiger partial charge is 0.496 e. The fourth-order valence-corrected chi connectivity index (χ4v) is 2.49. The Balaban J connectivity index is 2.52. The molecule has 1 aromatic carbocycles. The molecule has 17 heavy (non-hydrogen) atoms. The Morgan fingerprint density at radius 3 is 2.29 bits per heavy atom. The van der Waals surface area contributed by atoms with Gasteiger partial charge in [-0.1, -0.05) is 6.92 Å². The van der Waals surface area contributed by atoms with Crippen molar-refractivity contribution < 1.29 is 9.47 Å². The highest BCUT2D eigenvalue weighted by Crippen LogP contribution is 2.41. The maximum atomic E-state index is 5.57. The topological polar surface area (TPSA) is 30.5 Å². The van der Waals surface area contributed by atoms with Gasteiger partial charge in [0.05, 0.1) is 14.2 Å². The fraction of sp³-hybridized carbons (Fsp3) is 0.571. The molecule has 0 aliphatic carbocycles. The zero-order valence-electron chi connectivity index (χ0n) is 11.3. The first-order valence-electron chi connectivity index (χ1n) is 6.05. The maximum Gasteiger partial charge on any atom is 0.127 e. The zero-order valence-corrected chi connectivity index (χ0v) is 11.3. The van der Waals surface area contributed by atoms with E-state index in [2.05, 4.69) is 32.2 Å². The number of ether oxygens (including phenoxy) is 2. The predicted molar refractivity (Wildman–Crippen MR) is 68.9 cm³/mol. The molecule has 1 N–H and O–H groups in total. The molecule has 1 heterocycles. The van der Waals surface area contributed by atoms with E-state index < -0.39 is 0 Å². The molecule has 1 saturated heterocycles. The van der Waals surface area contributed by atoms with Crippen LogP contribution in [0.25, 0.3) is 0 Å². The summed E-state index contributed by atoms with van der Waals surface area (Å²) in [5, 5.41) is 3.45. The minimum absolute atomic E-state index is 0.387. The third-order valence-electron chi connectivity index (χ3n) is 3.81. The van der Waals surface area contributed by atoms with Gasteiger partial charge in [-0.3, -0.25) is 0 Å². The van der Waals surface area contributed by atoms with Crippen molar-refractivity contribution in [2.24, 2.45) is 5.92 Å². The number of hydrogen-bond acceptors (Lipinski definition) is 3. The highest BCUT2D eigenvalue weighted by Gasteiger charge is 2.31. The van der Waals surface area contributed by atoms with Gasteiger partial charge in [-0.25, -0.2) is 0 Å². The molecule has 2 unspecified atom stereocenters. The summed E-state index contributed by atoms with van der Waals surface area (Å²) in [6, 6.07) is 2.49. The van der Waals surface area contributed by atoms with Crippen LogP contribution in [0.2, 0.25) is 0 Å². The molecular formula is C14H21NO2. The Kier molecular flexibility index (Phi) is 3.29. The molecule has 0 radical (unpaired) electrons. The van der Waals surface area contributed by atoms with E-state index >= 15 is 0 Å². The second-order valence-corrected chi connectivity index (χ2v) is 4.81. The lowest BCUT2D eigenvalue weighted by atomic mass is 9.85. The van der Waals surface area contributed by atoms with Crippen molar-refractivity contribution in [3.63, 3.8) is 0 Å². The van der Waals surface area contributed by atoms with Crippen LogP contribution in [0, 0.1) is 19.8 Å². The van der Waals surface area contributed by atoms with Crippen LogP contribution in [-0.4, -0.2) is 20.8 Å². The Morgan fingerprint density at radius 1 is 1.18 bits per heavy atom. The van der Waals surface area contributed by atoms with Crippen LogP contribution in [0.15, 0.2) is 6.07 Å². The van der Waals surface area contributed by atoms with Gasteiger partial charge in [0.15, 0.2) is 0 Å². The van der Waals surface area contributed by atoms with Crippen molar-refractivity contribution in [1.29, 1.82) is 0 Å². The summed E-state index contributed by atoms with van der Waals surface area (Å²) >= 11 is 0. The first kappa shape index (κ1) is 12.2. The van der Waals surface area contributed by atoms with Gasteiger partial charge in [-0.05, 0) is 37.0 Å². The summed E-state index contributed by atoms with van der Waals surface area (Å²) in [6.07, 6.45) is 0. The molecule has 2 rings (SSSR count). The Morgan fingerprint density at radius 2 is 1.88 bits per heavy atom. The minimum atomic E-state index is 0.387. The molecule has 1 aliphatic rings. The van der Waals surface area contributed by atoms with Crippen molar-refractivity contribution in [2.75, 3.05) is 20.8 Å². The van der Waals surface area contributed by atoms with Gasteiger partial charge < -0.3 is 14.8 Å². The summed E-state index contributed by atoms with van der Waals surface area (Å²) in [5.74, 6) is 2.59. The number of benzene rings is 1. The molecule has 2 atom stereocenters. The van der Waals surface area contributed by atoms with E-state index in [0.29, 0.717) is 12.0 Å². The third kappa shape index (κ3) is 1.89. The molecule has 3 heteroatoms. The van der Waals surface area contributed by atoms with Crippen LogP contribution in [0.4, 0.5) is 0 Å². The van der Waals surface area contributed by atoms with E-state index in [4.69, 9.17) is 9.47 Å². The van der Waals surface area contributed by atoms with E-state index in [9.17, 15) is 0 Å². The molecule has 0 amide bonds. The van der Waals surface area contributed by atoms with Gasteiger partial charge >= 0.3 is 0 Å². The Labute approximate surface area is 103 Å². The van der Waals surface area contributed by atoms with Gasteiger partial charge in [0.2, 0.25) is 0 Å². The van der Waals surface area contributed by atoms with Gasteiger partial charge in [-0.2, -0.15) is 0 Å². The van der Waals surface area contributed by atoms with Crippen molar-refractivity contribution >= 4 is 0 Å². The smallest absolute Gasteiger partial charge is 0.127 e. The van der Waals surface area contributed by atoms with Crippen molar-refractivity contribution in [3.05, 3.63) is 22.8 Å². The monoisotopic (exact) mass is 235 g/mol. The normalized spacial score (nSPS) is 23.1. The second-order valence-electron chi connectivity index (χ2n) is 4.81. The molecule has 3 nitrogen and oxygen atoms in total. The number of nitrogens with one attached hydrogen (secondary N) is 1. The standard InChI is InChI=1S/C14H21NO2/c1-8-7-15-13(8)11-6-12(16-4)9(2)10(3)14(11)17-5/h6,8,13,15H,7H2,1-5H3. The van der Waals surface area contributed by atoms with E-state index in [1.165, 1.54) is 11.1 Å². The van der Waals surface area contributed by atoms with Crippen molar-refractivity contribution in [3.8, 4) is 11.5 Å². The van der Waals surface area contributed by atoms with Gasteiger partial charge in [0, 0.05) is 18.2 Å². The first-order chi connectivity index (χ1) is 8.10. The summed E-state index contributed by atoms with van der Waals surface area (Å²) in [6.45, 7) is 7.48. The van der Waals surface area contributed by atoms with E-state index in [1.54, 1.807) is 14.2 Å². The number of hydrogen-bond donors (Lipinski definition) is 1. The minimum Gasteiger partial charge on any atom is -0.496 e. The SMILES string of the molecule is COc1cc(C2NCC2C)c(OC)c(C)c1C. The zero-order chi connectivity index (χ0) is 12.6. The lowest BCUT2D eigenvalue weighted by molar-refractivity contribution is 0.249. The predicted octanol–water partition coefficient (Wildman–Crippen LogP) is 2.60. The molecule has 0 bridgehead atoms. The van der Waals surface area contributed by atoms with Gasteiger partial charge in [0.1, 0.15) is 11.5 Å². The van der Waals surface area contributed by atoms with E-state index in [0.717, 1.165) is 23.6 Å². The quantitative estimate of drug-likeness (QED) is 0.873. The Hall–Kier alpha value is -1.22. The van der Waals surface area contributed by atoms with E-state index in [-0.39, 0.29) is 0 Å². The van der Waals surface area contributed by atoms with Gasteiger partial charge in [-0.15, -0.1) is 0 Å². The molecule has 0 aromatic heterocycles. The highest BCUT2D eigenvalue weighted by atomic mass is 16.5. The number of rotatable bonds is 3. The summed E-state index contributed by atoms with van der Waals surface area (Å²) in [7, 11) is 3.46. The fourth-order valence-electron chi connectivity index (χ4n) is 2.49. The average Bonchev–Trinajstić information content (AvgIpc) is 2.32. The third-order valence-corrected chi connectivity index (χ3v) is 3.81. The lowest BCUT2D eigenvalue weighted by Gasteiger charge is -2.37. The van der Waals surface area contributed by atoms with Crippen molar-refractivity contribution in [1.82, 2.24) is 5.32 Å². The molecule has 1 fully saturated rings. The summed E-state index contributed by atoms with van der Waals surface area (Å²) in [4.78, 5) is 0. The molecule has 94 valence electrons. The first-order valence-corrected chi connectivity index (χ1v) is 6.05. The van der Waals surface area contributed by atoms with Crippen LogP contribution in [-0.2, 0) is 0 Å². The molecular weight excluding hydrogens is 214 g/mol. The van der Waals surface area contributed by atoms with Crippen LogP contribution >= 0.6 is 0 Å². The Bertz CT molecular complexity index is 429. The van der Waals surface area contributed by atoms with Crippen LogP contribution < -0.4 is 14.8 Å². The second kappa shape index (κ2) is 4.57. The molecule has 1 aliphatic heterocycles. The van der Waals surface area contributed by atoms with Crippen molar-refractivity contribution in [2.45, 2.75) is 26.8 Å². The molecule has 0 spiro atoms. The van der Waals surface area contributed by atoms with E-state index in [1.807, 2.05) is 0 Å². The lowest BCUT2D eigenvalue weighted by Crippen LogP contribution is -2.44. The highest BCUT2D eigenvalue weighted by molar-refractivity contribution is 5.54. The van der Waals surface area contributed by atoms with Crippen LogP contribution in [0.3, 0.4) is 0 Å². The van der Waals surface area contributed by atoms with Crippen LogP contribution in [0.5, 0.6) is 11.5 Å². The molecule has 0 saturated carbocycles. The van der Waals surface area contributed by atoms with Gasteiger partial charge in [0.25, 0.3) is 0 Å². The summed E-state index contributed by atoms with van der Waals surface area (Å²) in [5.41, 5.74) is 3.54. The van der Waals surface area contributed by atoms with Crippen LogP contribution in [0.1, 0.15) is 29.7 Å². The average molecular weight is 235 g/mol. The maximum absolute atomic E-state index is 5.57. The molecule has 1 aromatic rings.